The molecular weight excluding hydrogens is 518 g/mol. The van der Waals surface area contributed by atoms with E-state index in [1.807, 2.05) is 0 Å². The van der Waals surface area contributed by atoms with Crippen molar-refractivity contribution in [1.82, 2.24) is 4.90 Å². The molecule has 3 aromatic carbocycles. The number of hydrogen-bond acceptors (Lipinski definition) is 8. The van der Waals surface area contributed by atoms with Gasteiger partial charge in [0, 0.05) is 0 Å². The first-order chi connectivity index (χ1) is 17.9. The standard InChI is InChI=1S/C27H22ClNO7S/c1-33-19-10-8-18(9-11-19)26(31)36-22-12-7-17(15-23(22)34-2)16-24-25(30)29(27(32)37-24)13-14-35-21-6-4-3-5-20(21)28/h3-12,15-16H,13-14H2,1-2H3/b24-16-. The quantitative estimate of drug-likeness (QED) is 0.194. The highest BCUT2D eigenvalue weighted by atomic mass is 35.5. The molecule has 2 amide bonds. The Kier molecular flexibility index (Phi) is 8.37. The number of carbonyl (C=O) groups is 3. The number of benzene rings is 3. The number of thioether (sulfide) groups is 1. The van der Waals surface area contributed by atoms with Crippen LogP contribution in [0.5, 0.6) is 23.0 Å². The average Bonchev–Trinajstić information content (AvgIpc) is 3.17. The van der Waals surface area contributed by atoms with E-state index < -0.39 is 17.1 Å². The van der Waals surface area contributed by atoms with Gasteiger partial charge in [0.05, 0.1) is 36.3 Å². The molecule has 190 valence electrons. The van der Waals surface area contributed by atoms with Crippen LogP contribution in [-0.2, 0) is 4.79 Å². The molecule has 0 atom stereocenters. The maximum Gasteiger partial charge on any atom is 0.343 e. The summed E-state index contributed by atoms with van der Waals surface area (Å²) in [5, 5.41) is 0.0552. The van der Waals surface area contributed by atoms with E-state index in [1.165, 1.54) is 14.2 Å². The summed E-state index contributed by atoms with van der Waals surface area (Å²) >= 11 is 6.90. The van der Waals surface area contributed by atoms with Gasteiger partial charge in [-0.1, -0.05) is 29.8 Å². The zero-order chi connectivity index (χ0) is 26.4. The Morgan fingerprint density at radius 1 is 0.946 bits per heavy atom. The van der Waals surface area contributed by atoms with Crippen LogP contribution < -0.4 is 18.9 Å². The third-order valence-corrected chi connectivity index (χ3v) is 6.52. The van der Waals surface area contributed by atoms with E-state index in [-0.39, 0.29) is 23.8 Å². The fraction of sp³-hybridized carbons (Fsp3) is 0.148. The van der Waals surface area contributed by atoms with Crippen molar-refractivity contribution in [3.8, 4) is 23.0 Å². The molecule has 10 heteroatoms. The summed E-state index contributed by atoms with van der Waals surface area (Å²) in [6.07, 6.45) is 1.58. The van der Waals surface area contributed by atoms with E-state index in [2.05, 4.69) is 0 Å². The molecule has 0 spiro atoms. The summed E-state index contributed by atoms with van der Waals surface area (Å²) in [6, 6.07) is 18.3. The van der Waals surface area contributed by atoms with Crippen LogP contribution in [0.2, 0.25) is 5.02 Å². The minimum Gasteiger partial charge on any atom is -0.497 e. The molecule has 37 heavy (non-hydrogen) atoms. The Labute approximate surface area is 222 Å². The normalized spacial score (nSPS) is 14.1. The van der Waals surface area contributed by atoms with Crippen LogP contribution in [0.1, 0.15) is 15.9 Å². The number of rotatable bonds is 9. The topological polar surface area (TPSA) is 91.4 Å². The first kappa shape index (κ1) is 26.1. The predicted molar refractivity (Wildman–Crippen MR) is 141 cm³/mol. The van der Waals surface area contributed by atoms with Crippen molar-refractivity contribution in [2.75, 3.05) is 27.4 Å². The fourth-order valence-corrected chi connectivity index (χ4v) is 4.45. The summed E-state index contributed by atoms with van der Waals surface area (Å²) < 4.78 is 21.5. The number of methoxy groups -OCH3 is 2. The summed E-state index contributed by atoms with van der Waals surface area (Å²) in [5.74, 6) is 0.622. The third kappa shape index (κ3) is 6.25. The monoisotopic (exact) mass is 539 g/mol. The van der Waals surface area contributed by atoms with E-state index in [1.54, 1.807) is 72.8 Å². The smallest absolute Gasteiger partial charge is 0.343 e. The Morgan fingerprint density at radius 2 is 1.70 bits per heavy atom. The molecule has 0 N–H and O–H groups in total. The van der Waals surface area contributed by atoms with Gasteiger partial charge in [-0.2, -0.15) is 0 Å². The third-order valence-electron chi connectivity index (χ3n) is 5.30. The first-order valence-electron chi connectivity index (χ1n) is 11.1. The second kappa shape index (κ2) is 11.9. The highest BCUT2D eigenvalue weighted by Gasteiger charge is 2.34. The van der Waals surface area contributed by atoms with Crippen molar-refractivity contribution >= 4 is 46.6 Å². The molecule has 1 saturated heterocycles. The van der Waals surface area contributed by atoms with Crippen LogP contribution in [-0.4, -0.2) is 49.4 Å². The van der Waals surface area contributed by atoms with Gasteiger partial charge in [-0.25, -0.2) is 4.79 Å². The largest absolute Gasteiger partial charge is 0.497 e. The van der Waals surface area contributed by atoms with Crippen molar-refractivity contribution in [2.45, 2.75) is 0 Å². The average molecular weight is 540 g/mol. The summed E-state index contributed by atoms with van der Waals surface area (Å²) in [7, 11) is 2.98. The molecule has 1 fully saturated rings. The molecular formula is C27H22ClNO7S. The van der Waals surface area contributed by atoms with Crippen LogP contribution in [0.25, 0.3) is 6.08 Å². The van der Waals surface area contributed by atoms with Gasteiger partial charge in [0.1, 0.15) is 18.1 Å². The lowest BCUT2D eigenvalue weighted by Crippen LogP contribution is -2.32. The maximum atomic E-state index is 12.8. The lowest BCUT2D eigenvalue weighted by atomic mass is 10.1. The lowest BCUT2D eigenvalue weighted by molar-refractivity contribution is -0.123. The van der Waals surface area contributed by atoms with E-state index in [9.17, 15) is 14.4 Å². The molecule has 0 radical (unpaired) electrons. The number of carbonyl (C=O) groups excluding carboxylic acids is 3. The zero-order valence-corrected chi connectivity index (χ0v) is 21.5. The predicted octanol–water partition coefficient (Wildman–Crippen LogP) is 5.69. The summed E-state index contributed by atoms with van der Waals surface area (Å²) in [4.78, 5) is 39.1. The Balaban J connectivity index is 1.42. The van der Waals surface area contributed by atoms with Gasteiger partial charge in [-0.3, -0.25) is 14.5 Å². The van der Waals surface area contributed by atoms with Gasteiger partial charge >= 0.3 is 5.97 Å². The molecule has 0 bridgehead atoms. The number of ether oxygens (including phenoxy) is 4. The number of nitrogens with zero attached hydrogens (tertiary/aromatic N) is 1. The molecule has 3 aromatic rings. The van der Waals surface area contributed by atoms with Crippen molar-refractivity contribution in [2.24, 2.45) is 0 Å². The Hall–Kier alpha value is -3.95. The van der Waals surface area contributed by atoms with E-state index in [0.29, 0.717) is 33.4 Å². The van der Waals surface area contributed by atoms with Gasteiger partial charge in [0.15, 0.2) is 11.5 Å². The van der Waals surface area contributed by atoms with Crippen molar-refractivity contribution in [3.63, 3.8) is 0 Å². The van der Waals surface area contributed by atoms with Crippen molar-refractivity contribution in [1.29, 1.82) is 0 Å². The number of imide groups is 1. The second-order valence-electron chi connectivity index (χ2n) is 7.64. The van der Waals surface area contributed by atoms with E-state index in [4.69, 9.17) is 30.5 Å². The molecule has 4 rings (SSSR count). The van der Waals surface area contributed by atoms with Crippen LogP contribution >= 0.6 is 23.4 Å². The van der Waals surface area contributed by atoms with Gasteiger partial charge in [-0.15, -0.1) is 0 Å². The van der Waals surface area contributed by atoms with Crippen LogP contribution in [0.4, 0.5) is 4.79 Å². The first-order valence-corrected chi connectivity index (χ1v) is 12.3. The van der Waals surface area contributed by atoms with Gasteiger partial charge in [0.25, 0.3) is 11.1 Å². The lowest BCUT2D eigenvalue weighted by Gasteiger charge is -2.13. The Morgan fingerprint density at radius 3 is 2.41 bits per heavy atom. The number of hydrogen-bond donors (Lipinski definition) is 0. The van der Waals surface area contributed by atoms with Gasteiger partial charge in [0.2, 0.25) is 0 Å². The van der Waals surface area contributed by atoms with Crippen LogP contribution in [0.15, 0.2) is 71.6 Å². The SMILES string of the molecule is COc1ccc(C(=O)Oc2ccc(/C=C3\SC(=O)N(CCOc4ccccc4Cl)C3=O)cc2OC)cc1. The number of para-hydroxylation sites is 1. The van der Waals surface area contributed by atoms with Crippen LogP contribution in [0, 0.1) is 0 Å². The molecule has 1 heterocycles. The number of halogens is 1. The van der Waals surface area contributed by atoms with Gasteiger partial charge < -0.3 is 18.9 Å². The minimum atomic E-state index is -0.561. The van der Waals surface area contributed by atoms with Gasteiger partial charge in [-0.05, 0) is 71.9 Å². The Bertz CT molecular complexity index is 1360. The van der Waals surface area contributed by atoms with E-state index >= 15 is 0 Å². The van der Waals surface area contributed by atoms with Crippen molar-refractivity contribution < 1.29 is 33.3 Å². The van der Waals surface area contributed by atoms with E-state index in [0.717, 1.165) is 16.7 Å². The molecule has 1 aliphatic heterocycles. The molecule has 0 aliphatic carbocycles. The maximum absolute atomic E-state index is 12.8. The molecule has 0 unspecified atom stereocenters. The summed E-state index contributed by atoms with van der Waals surface area (Å²) in [5.41, 5.74) is 0.943. The van der Waals surface area contributed by atoms with Crippen LogP contribution in [0.3, 0.4) is 0 Å². The number of amides is 2. The minimum absolute atomic E-state index is 0.0802. The number of esters is 1. The highest BCUT2D eigenvalue weighted by Crippen LogP contribution is 2.35. The molecule has 0 saturated carbocycles. The van der Waals surface area contributed by atoms with Crippen molar-refractivity contribution in [3.05, 3.63) is 87.8 Å². The molecule has 1 aliphatic rings. The molecule has 8 nitrogen and oxygen atoms in total. The highest BCUT2D eigenvalue weighted by molar-refractivity contribution is 8.18. The fourth-order valence-electron chi connectivity index (χ4n) is 3.40. The zero-order valence-electron chi connectivity index (χ0n) is 19.9. The summed E-state index contributed by atoms with van der Waals surface area (Å²) in [6.45, 7) is 0.188. The molecule has 0 aromatic heterocycles. The second-order valence-corrected chi connectivity index (χ2v) is 9.04.